The van der Waals surface area contributed by atoms with E-state index in [9.17, 15) is 4.79 Å². The highest BCUT2D eigenvalue weighted by Gasteiger charge is 2.31. The molecule has 4 rings (SSSR count). The lowest BCUT2D eigenvalue weighted by atomic mass is 10.1. The fourth-order valence-electron chi connectivity index (χ4n) is 4.17. The van der Waals surface area contributed by atoms with Crippen molar-refractivity contribution in [3.63, 3.8) is 0 Å². The first-order chi connectivity index (χ1) is 12.2. The zero-order valence-corrected chi connectivity index (χ0v) is 14.9. The number of hydrogen-bond donors (Lipinski definition) is 1. The number of nitrogens with zero attached hydrogens (tertiary/aromatic N) is 3. The van der Waals surface area contributed by atoms with Crippen LogP contribution in [0.3, 0.4) is 0 Å². The summed E-state index contributed by atoms with van der Waals surface area (Å²) in [6, 6.07) is 10.8. The van der Waals surface area contributed by atoms with Crippen molar-refractivity contribution >= 4 is 5.91 Å². The first kappa shape index (κ1) is 16.3. The van der Waals surface area contributed by atoms with Gasteiger partial charge in [0.1, 0.15) is 0 Å². The van der Waals surface area contributed by atoms with Gasteiger partial charge in [-0.25, -0.2) is 0 Å². The largest absolute Gasteiger partial charge is 0.333 e. The predicted octanol–water partition coefficient (Wildman–Crippen LogP) is 2.64. The Morgan fingerprint density at radius 2 is 2.04 bits per heavy atom. The van der Waals surface area contributed by atoms with Crippen LogP contribution < -0.4 is 0 Å². The van der Waals surface area contributed by atoms with Gasteiger partial charge in [-0.15, -0.1) is 0 Å². The fraction of sp³-hybridized carbons (Fsp3) is 0.500. The minimum atomic E-state index is 0.105. The Balaban J connectivity index is 1.46. The van der Waals surface area contributed by atoms with Crippen molar-refractivity contribution in [2.24, 2.45) is 0 Å². The molecule has 1 N–H and O–H groups in total. The van der Waals surface area contributed by atoms with Gasteiger partial charge in [-0.05, 0) is 38.2 Å². The lowest BCUT2D eigenvalue weighted by molar-refractivity contribution is 0.0684. The maximum absolute atomic E-state index is 13.1. The molecule has 25 heavy (non-hydrogen) atoms. The SMILES string of the molecule is C[C@H]1CN(Cc2ccccc2)CCCN1C(=O)c1n[nH]c2c1CCC2. The highest BCUT2D eigenvalue weighted by atomic mass is 16.2. The first-order valence-corrected chi connectivity index (χ1v) is 9.35. The Morgan fingerprint density at radius 3 is 2.88 bits per heavy atom. The van der Waals surface area contributed by atoms with E-state index in [4.69, 9.17) is 0 Å². The normalized spacial score (nSPS) is 21.2. The van der Waals surface area contributed by atoms with E-state index in [1.807, 2.05) is 4.90 Å². The van der Waals surface area contributed by atoms with E-state index >= 15 is 0 Å². The third-order valence-corrected chi connectivity index (χ3v) is 5.45. The summed E-state index contributed by atoms with van der Waals surface area (Å²) in [5.41, 5.74) is 4.31. The number of rotatable bonds is 3. The van der Waals surface area contributed by atoms with Crippen LogP contribution in [0.4, 0.5) is 0 Å². The molecule has 0 radical (unpaired) electrons. The molecule has 0 bridgehead atoms. The van der Waals surface area contributed by atoms with Crippen LogP contribution in [0.1, 0.15) is 47.1 Å². The van der Waals surface area contributed by atoms with Crippen molar-refractivity contribution in [2.45, 2.75) is 45.2 Å². The van der Waals surface area contributed by atoms with Gasteiger partial charge in [0.25, 0.3) is 5.91 Å². The van der Waals surface area contributed by atoms with Crippen LogP contribution in [-0.2, 0) is 19.4 Å². The molecule has 1 amide bonds. The molecule has 0 unspecified atom stereocenters. The maximum Gasteiger partial charge on any atom is 0.274 e. The van der Waals surface area contributed by atoms with Crippen molar-refractivity contribution in [3.8, 4) is 0 Å². The monoisotopic (exact) mass is 338 g/mol. The molecule has 1 saturated heterocycles. The van der Waals surface area contributed by atoms with Gasteiger partial charge in [-0.2, -0.15) is 5.10 Å². The van der Waals surface area contributed by atoms with Gasteiger partial charge in [-0.1, -0.05) is 30.3 Å². The van der Waals surface area contributed by atoms with Crippen molar-refractivity contribution in [1.29, 1.82) is 0 Å². The molecule has 2 aliphatic rings. The van der Waals surface area contributed by atoms with Crippen LogP contribution in [0.2, 0.25) is 0 Å². The molecule has 1 atom stereocenters. The second-order valence-corrected chi connectivity index (χ2v) is 7.30. The zero-order valence-electron chi connectivity index (χ0n) is 14.9. The third kappa shape index (κ3) is 3.33. The molecule has 5 nitrogen and oxygen atoms in total. The summed E-state index contributed by atoms with van der Waals surface area (Å²) in [6.45, 7) is 5.86. The molecule has 2 heterocycles. The molecule has 132 valence electrons. The summed E-state index contributed by atoms with van der Waals surface area (Å²) in [5, 5.41) is 7.41. The molecule has 2 aromatic rings. The van der Waals surface area contributed by atoms with E-state index in [1.165, 1.54) is 5.56 Å². The van der Waals surface area contributed by atoms with Crippen LogP contribution >= 0.6 is 0 Å². The molecule has 1 aromatic carbocycles. The number of aromatic amines is 1. The van der Waals surface area contributed by atoms with Gasteiger partial charge in [-0.3, -0.25) is 14.8 Å². The number of amides is 1. The van der Waals surface area contributed by atoms with E-state index < -0.39 is 0 Å². The number of benzene rings is 1. The van der Waals surface area contributed by atoms with Crippen LogP contribution in [-0.4, -0.2) is 51.6 Å². The Labute approximate surface area is 149 Å². The number of aryl methyl sites for hydroxylation is 1. The summed E-state index contributed by atoms with van der Waals surface area (Å²) >= 11 is 0. The first-order valence-electron chi connectivity index (χ1n) is 9.35. The Morgan fingerprint density at radius 1 is 1.20 bits per heavy atom. The number of nitrogens with one attached hydrogen (secondary N) is 1. The summed E-state index contributed by atoms with van der Waals surface area (Å²) in [6.07, 6.45) is 4.14. The smallest absolute Gasteiger partial charge is 0.274 e. The van der Waals surface area contributed by atoms with Gasteiger partial charge in [0.05, 0.1) is 0 Å². The molecule has 1 aliphatic carbocycles. The Kier molecular flexibility index (Phi) is 4.57. The summed E-state index contributed by atoms with van der Waals surface area (Å²) in [5.74, 6) is 0.105. The summed E-state index contributed by atoms with van der Waals surface area (Å²) < 4.78 is 0. The van der Waals surface area contributed by atoms with E-state index in [2.05, 4.69) is 52.4 Å². The average Bonchev–Trinajstić information content (AvgIpc) is 3.17. The lowest BCUT2D eigenvalue weighted by Crippen LogP contribution is -2.42. The topological polar surface area (TPSA) is 52.2 Å². The van der Waals surface area contributed by atoms with Crippen LogP contribution in [0.25, 0.3) is 0 Å². The zero-order chi connectivity index (χ0) is 17.2. The van der Waals surface area contributed by atoms with Crippen LogP contribution in [0.5, 0.6) is 0 Å². The highest BCUT2D eigenvalue weighted by Crippen LogP contribution is 2.25. The maximum atomic E-state index is 13.1. The molecular formula is C20H26N4O. The van der Waals surface area contributed by atoms with Gasteiger partial charge in [0.2, 0.25) is 0 Å². The van der Waals surface area contributed by atoms with Crippen molar-refractivity contribution in [2.75, 3.05) is 19.6 Å². The molecule has 0 saturated carbocycles. The van der Waals surface area contributed by atoms with E-state index in [1.54, 1.807) is 0 Å². The van der Waals surface area contributed by atoms with E-state index in [0.717, 1.165) is 63.1 Å². The minimum Gasteiger partial charge on any atom is -0.333 e. The van der Waals surface area contributed by atoms with Crippen LogP contribution in [0.15, 0.2) is 30.3 Å². The van der Waals surface area contributed by atoms with Gasteiger partial charge in [0.15, 0.2) is 5.69 Å². The molecule has 5 heteroatoms. The number of carbonyl (C=O) groups excluding carboxylic acids is 1. The van der Waals surface area contributed by atoms with Gasteiger partial charge in [0, 0.05) is 43.5 Å². The number of fused-ring (bicyclic) bond motifs is 1. The molecule has 0 spiro atoms. The molecule has 1 aromatic heterocycles. The quantitative estimate of drug-likeness (QED) is 0.936. The average molecular weight is 338 g/mol. The van der Waals surface area contributed by atoms with Gasteiger partial charge < -0.3 is 4.90 Å². The number of H-pyrrole nitrogens is 1. The van der Waals surface area contributed by atoms with E-state index in [0.29, 0.717) is 5.69 Å². The second kappa shape index (κ2) is 7.00. The second-order valence-electron chi connectivity index (χ2n) is 7.30. The minimum absolute atomic E-state index is 0.105. The molecular weight excluding hydrogens is 312 g/mol. The van der Waals surface area contributed by atoms with E-state index in [-0.39, 0.29) is 11.9 Å². The van der Waals surface area contributed by atoms with Crippen LogP contribution in [0, 0.1) is 0 Å². The highest BCUT2D eigenvalue weighted by molar-refractivity contribution is 5.94. The van der Waals surface area contributed by atoms with Crippen molar-refractivity contribution in [3.05, 3.63) is 52.8 Å². The lowest BCUT2D eigenvalue weighted by Gasteiger charge is -2.28. The fourth-order valence-corrected chi connectivity index (χ4v) is 4.17. The Bertz CT molecular complexity index is 739. The number of hydrogen-bond acceptors (Lipinski definition) is 3. The van der Waals surface area contributed by atoms with Gasteiger partial charge >= 0.3 is 0 Å². The molecule has 1 fully saturated rings. The number of carbonyl (C=O) groups is 1. The molecule has 1 aliphatic heterocycles. The number of aromatic nitrogens is 2. The third-order valence-electron chi connectivity index (χ3n) is 5.45. The summed E-state index contributed by atoms with van der Waals surface area (Å²) in [4.78, 5) is 17.6. The van der Waals surface area contributed by atoms with Crippen molar-refractivity contribution in [1.82, 2.24) is 20.0 Å². The van der Waals surface area contributed by atoms with Crippen molar-refractivity contribution < 1.29 is 4.79 Å². The Hall–Kier alpha value is -2.14. The standard InChI is InChI=1S/C20H26N4O/c1-15-13-23(14-16-7-3-2-4-8-16)11-6-12-24(15)20(25)19-17-9-5-10-18(17)21-22-19/h2-4,7-8,15H,5-6,9-14H2,1H3,(H,21,22)/t15-/m0/s1. The summed E-state index contributed by atoms with van der Waals surface area (Å²) in [7, 11) is 0. The predicted molar refractivity (Wildman–Crippen MR) is 97.4 cm³/mol.